The summed E-state index contributed by atoms with van der Waals surface area (Å²) in [7, 11) is 0. The molecule has 0 bridgehead atoms. The number of nitrogens with two attached hydrogens (primary N) is 1. The van der Waals surface area contributed by atoms with Crippen molar-refractivity contribution in [2.45, 2.75) is 71.4 Å². The Hall–Kier alpha value is -0.0800. The van der Waals surface area contributed by atoms with Gasteiger partial charge in [0.2, 0.25) is 0 Å². The van der Waals surface area contributed by atoms with Crippen LogP contribution in [0.1, 0.15) is 59.8 Å². The molecule has 0 heterocycles. The van der Waals surface area contributed by atoms with Gasteiger partial charge in [-0.05, 0) is 51.0 Å². The molecule has 0 aromatic heterocycles. The van der Waals surface area contributed by atoms with E-state index in [4.69, 9.17) is 5.73 Å². The Morgan fingerprint density at radius 1 is 1.33 bits per heavy atom. The lowest BCUT2D eigenvalue weighted by molar-refractivity contribution is 0.204. The molecule has 1 unspecified atom stereocenters. The van der Waals surface area contributed by atoms with E-state index < -0.39 is 0 Å². The summed E-state index contributed by atoms with van der Waals surface area (Å²) >= 11 is 0. The van der Waals surface area contributed by atoms with E-state index in [0.29, 0.717) is 17.0 Å². The lowest BCUT2D eigenvalue weighted by Crippen LogP contribution is -2.49. The molecule has 1 rings (SSSR count). The molecule has 0 aromatic rings. The maximum atomic E-state index is 6.11. The van der Waals surface area contributed by atoms with Crippen LogP contribution in [0.5, 0.6) is 0 Å². The van der Waals surface area contributed by atoms with Gasteiger partial charge in [0.25, 0.3) is 0 Å². The van der Waals surface area contributed by atoms with Crippen LogP contribution in [-0.2, 0) is 0 Å². The van der Waals surface area contributed by atoms with Crippen LogP contribution >= 0.6 is 0 Å². The fourth-order valence-corrected chi connectivity index (χ4v) is 2.33. The van der Waals surface area contributed by atoms with Crippen molar-refractivity contribution >= 4 is 0 Å². The minimum Gasteiger partial charge on any atom is -0.328 e. The van der Waals surface area contributed by atoms with E-state index in [1.165, 1.54) is 19.3 Å². The third kappa shape index (κ3) is 4.98. The zero-order chi connectivity index (χ0) is 11.5. The van der Waals surface area contributed by atoms with Crippen molar-refractivity contribution in [3.05, 3.63) is 0 Å². The highest BCUT2D eigenvalue weighted by molar-refractivity contribution is 4.91. The molecule has 1 fully saturated rings. The van der Waals surface area contributed by atoms with Gasteiger partial charge >= 0.3 is 0 Å². The third-order valence-corrected chi connectivity index (χ3v) is 3.40. The number of nitrogens with one attached hydrogen (secondary N) is 1. The first-order chi connectivity index (χ1) is 6.81. The monoisotopic (exact) mass is 212 g/mol. The average Bonchev–Trinajstić information content (AvgIpc) is 1.97. The molecular weight excluding hydrogens is 184 g/mol. The topological polar surface area (TPSA) is 38.0 Å². The van der Waals surface area contributed by atoms with Gasteiger partial charge in [-0.25, -0.2) is 0 Å². The van der Waals surface area contributed by atoms with Gasteiger partial charge in [-0.15, -0.1) is 0 Å². The van der Waals surface area contributed by atoms with Crippen LogP contribution in [0.25, 0.3) is 0 Å². The van der Waals surface area contributed by atoms with Gasteiger partial charge in [0.15, 0.2) is 0 Å². The lowest BCUT2D eigenvalue weighted by Gasteiger charge is -2.39. The van der Waals surface area contributed by atoms with E-state index in [1.54, 1.807) is 0 Å². The molecule has 1 aliphatic rings. The molecule has 0 saturated heterocycles. The van der Waals surface area contributed by atoms with Crippen LogP contribution < -0.4 is 11.1 Å². The standard InChI is InChI=1S/C13H28N2/c1-12(2,3)10-11(14)6-9-15-13(4)7-5-8-13/h11,15H,5-10,14H2,1-4H3. The van der Waals surface area contributed by atoms with Gasteiger partial charge in [0.1, 0.15) is 0 Å². The molecule has 1 atom stereocenters. The summed E-state index contributed by atoms with van der Waals surface area (Å²) in [6, 6.07) is 0.348. The smallest absolute Gasteiger partial charge is 0.0153 e. The molecular formula is C13H28N2. The first kappa shape index (κ1) is 13.0. The second-order valence-corrected chi connectivity index (χ2v) is 6.65. The average molecular weight is 212 g/mol. The van der Waals surface area contributed by atoms with Crippen LogP contribution in [0.4, 0.5) is 0 Å². The Kier molecular flexibility index (Phi) is 4.19. The van der Waals surface area contributed by atoms with E-state index in [2.05, 4.69) is 33.0 Å². The van der Waals surface area contributed by atoms with Gasteiger partial charge in [-0.1, -0.05) is 20.8 Å². The molecule has 0 amide bonds. The first-order valence-corrected chi connectivity index (χ1v) is 6.31. The fraction of sp³-hybridized carbons (Fsp3) is 1.00. The highest BCUT2D eigenvalue weighted by Gasteiger charge is 2.30. The maximum Gasteiger partial charge on any atom is 0.0153 e. The Bertz CT molecular complexity index is 189. The Balaban J connectivity index is 2.09. The highest BCUT2D eigenvalue weighted by atomic mass is 15.0. The molecule has 0 spiro atoms. The van der Waals surface area contributed by atoms with E-state index in [9.17, 15) is 0 Å². The first-order valence-electron chi connectivity index (χ1n) is 6.31. The Morgan fingerprint density at radius 3 is 2.33 bits per heavy atom. The lowest BCUT2D eigenvalue weighted by atomic mass is 9.78. The number of hydrogen-bond acceptors (Lipinski definition) is 2. The van der Waals surface area contributed by atoms with Crippen molar-refractivity contribution in [2.24, 2.45) is 11.1 Å². The van der Waals surface area contributed by atoms with Crippen molar-refractivity contribution in [3.8, 4) is 0 Å². The number of rotatable bonds is 5. The molecule has 90 valence electrons. The number of hydrogen-bond donors (Lipinski definition) is 2. The molecule has 0 aromatic carbocycles. The van der Waals surface area contributed by atoms with Crippen LogP contribution in [-0.4, -0.2) is 18.1 Å². The van der Waals surface area contributed by atoms with Gasteiger partial charge < -0.3 is 11.1 Å². The molecule has 2 heteroatoms. The van der Waals surface area contributed by atoms with Gasteiger partial charge in [-0.2, -0.15) is 0 Å². The van der Waals surface area contributed by atoms with Crippen molar-refractivity contribution in [3.63, 3.8) is 0 Å². The predicted octanol–water partition coefficient (Wildman–Crippen LogP) is 2.67. The molecule has 3 N–H and O–H groups in total. The quantitative estimate of drug-likeness (QED) is 0.735. The summed E-state index contributed by atoms with van der Waals surface area (Å²) in [6.45, 7) is 10.2. The fourth-order valence-electron chi connectivity index (χ4n) is 2.33. The van der Waals surface area contributed by atoms with E-state index in [1.807, 2.05) is 0 Å². The van der Waals surface area contributed by atoms with Crippen molar-refractivity contribution in [2.75, 3.05) is 6.54 Å². The predicted molar refractivity (Wildman–Crippen MR) is 66.9 cm³/mol. The van der Waals surface area contributed by atoms with E-state index >= 15 is 0 Å². The minimum absolute atomic E-state index is 0.348. The van der Waals surface area contributed by atoms with Gasteiger partial charge in [0.05, 0.1) is 0 Å². The second-order valence-electron chi connectivity index (χ2n) is 6.65. The Labute approximate surface area is 95.0 Å². The maximum absolute atomic E-state index is 6.11. The Morgan fingerprint density at radius 2 is 1.93 bits per heavy atom. The summed E-state index contributed by atoms with van der Waals surface area (Å²) in [5, 5.41) is 3.63. The molecule has 1 saturated carbocycles. The van der Waals surface area contributed by atoms with E-state index in [0.717, 1.165) is 19.4 Å². The summed E-state index contributed by atoms with van der Waals surface area (Å²) < 4.78 is 0. The largest absolute Gasteiger partial charge is 0.328 e. The molecule has 0 aliphatic heterocycles. The third-order valence-electron chi connectivity index (χ3n) is 3.40. The van der Waals surface area contributed by atoms with Crippen LogP contribution in [0.3, 0.4) is 0 Å². The van der Waals surface area contributed by atoms with E-state index in [-0.39, 0.29) is 0 Å². The van der Waals surface area contributed by atoms with Gasteiger partial charge in [0, 0.05) is 11.6 Å². The molecule has 2 nitrogen and oxygen atoms in total. The van der Waals surface area contributed by atoms with Crippen LogP contribution in [0, 0.1) is 5.41 Å². The summed E-state index contributed by atoms with van der Waals surface area (Å²) in [4.78, 5) is 0. The zero-order valence-corrected chi connectivity index (χ0v) is 10.9. The van der Waals surface area contributed by atoms with Crippen molar-refractivity contribution in [1.82, 2.24) is 5.32 Å². The summed E-state index contributed by atoms with van der Waals surface area (Å²) in [5.41, 5.74) is 6.90. The molecule has 0 radical (unpaired) electrons. The van der Waals surface area contributed by atoms with Crippen molar-refractivity contribution in [1.29, 1.82) is 0 Å². The highest BCUT2D eigenvalue weighted by Crippen LogP contribution is 2.30. The molecule has 1 aliphatic carbocycles. The molecule has 15 heavy (non-hydrogen) atoms. The van der Waals surface area contributed by atoms with Crippen LogP contribution in [0.2, 0.25) is 0 Å². The normalized spacial score (nSPS) is 22.2. The zero-order valence-electron chi connectivity index (χ0n) is 10.9. The minimum atomic E-state index is 0.348. The second kappa shape index (κ2) is 4.84. The summed E-state index contributed by atoms with van der Waals surface area (Å²) in [5.74, 6) is 0. The SMILES string of the molecule is CC(C)(C)CC(N)CCNC1(C)CCC1. The summed E-state index contributed by atoms with van der Waals surface area (Å²) in [6.07, 6.45) is 6.28. The van der Waals surface area contributed by atoms with Gasteiger partial charge in [-0.3, -0.25) is 0 Å². The van der Waals surface area contributed by atoms with Crippen LogP contribution in [0.15, 0.2) is 0 Å². The van der Waals surface area contributed by atoms with Crippen molar-refractivity contribution < 1.29 is 0 Å².